The van der Waals surface area contributed by atoms with Gasteiger partial charge in [0, 0.05) is 0 Å². The Morgan fingerprint density at radius 1 is 1.64 bits per heavy atom. The van der Waals surface area contributed by atoms with Crippen LogP contribution in [0.2, 0.25) is 0 Å². The summed E-state index contributed by atoms with van der Waals surface area (Å²) >= 11 is 0. The van der Waals surface area contributed by atoms with E-state index in [1.807, 2.05) is 6.92 Å². The van der Waals surface area contributed by atoms with Gasteiger partial charge in [0.1, 0.15) is 11.9 Å². The summed E-state index contributed by atoms with van der Waals surface area (Å²) in [7, 11) is 0. The highest BCUT2D eigenvalue weighted by Crippen LogP contribution is 2.32. The zero-order chi connectivity index (χ0) is 10.1. The van der Waals surface area contributed by atoms with E-state index in [1.54, 1.807) is 18.2 Å². The monoisotopic (exact) mass is 193 g/mol. The molecule has 14 heavy (non-hydrogen) atoms. The second kappa shape index (κ2) is 3.21. The van der Waals surface area contributed by atoms with Crippen LogP contribution in [-0.4, -0.2) is 23.7 Å². The Kier molecular flexibility index (Phi) is 2.04. The number of benzene rings is 1. The van der Waals surface area contributed by atoms with E-state index in [0.29, 0.717) is 18.0 Å². The molecule has 0 amide bonds. The van der Waals surface area contributed by atoms with Crippen LogP contribution in [0.1, 0.15) is 17.3 Å². The molecule has 0 bridgehead atoms. The Hall–Kier alpha value is -1.71. The molecule has 4 heteroatoms. The van der Waals surface area contributed by atoms with Gasteiger partial charge in [-0.25, -0.2) is 4.79 Å². The summed E-state index contributed by atoms with van der Waals surface area (Å²) in [5.41, 5.74) is 0.840. The minimum atomic E-state index is -0.937. The largest absolute Gasteiger partial charge is 0.487 e. The van der Waals surface area contributed by atoms with Gasteiger partial charge < -0.3 is 15.2 Å². The number of rotatable bonds is 1. The lowest BCUT2D eigenvalue weighted by Crippen LogP contribution is -2.28. The average Bonchev–Trinajstić information content (AvgIpc) is 2.16. The molecule has 1 aromatic rings. The maximum Gasteiger partial charge on any atom is 0.337 e. The number of anilines is 1. The summed E-state index contributed by atoms with van der Waals surface area (Å²) in [4.78, 5) is 10.9. The summed E-state index contributed by atoms with van der Waals surface area (Å²) in [5, 5.41) is 12.0. The molecule has 1 atom stereocenters. The van der Waals surface area contributed by atoms with E-state index in [0.717, 1.165) is 0 Å². The minimum Gasteiger partial charge on any atom is -0.487 e. The van der Waals surface area contributed by atoms with Gasteiger partial charge in [0.2, 0.25) is 0 Å². The first-order chi connectivity index (χ1) is 6.68. The third-order valence-corrected chi connectivity index (χ3v) is 2.15. The number of hydrogen-bond donors (Lipinski definition) is 2. The Balaban J connectivity index is 2.46. The van der Waals surface area contributed by atoms with Crippen LogP contribution in [0, 0.1) is 0 Å². The fourth-order valence-electron chi connectivity index (χ4n) is 1.49. The minimum absolute atomic E-state index is 0.0755. The molecule has 0 saturated heterocycles. The van der Waals surface area contributed by atoms with Crippen LogP contribution < -0.4 is 10.1 Å². The van der Waals surface area contributed by atoms with Crippen molar-refractivity contribution in [3.8, 4) is 5.75 Å². The highest BCUT2D eigenvalue weighted by molar-refractivity contribution is 5.96. The van der Waals surface area contributed by atoms with Gasteiger partial charge in [-0.3, -0.25) is 0 Å². The first-order valence-corrected chi connectivity index (χ1v) is 4.45. The summed E-state index contributed by atoms with van der Waals surface area (Å²) < 4.78 is 5.50. The number of ether oxygens (including phenoxy) is 1. The number of para-hydroxylation sites is 1. The quantitative estimate of drug-likeness (QED) is 0.710. The van der Waals surface area contributed by atoms with Gasteiger partial charge in [0.05, 0.1) is 17.8 Å². The molecule has 2 rings (SSSR count). The van der Waals surface area contributed by atoms with Crippen molar-refractivity contribution in [2.75, 3.05) is 11.9 Å². The molecular formula is C10H11NO3. The maximum atomic E-state index is 10.9. The predicted octanol–water partition coefficient (Wildman–Crippen LogP) is 1.58. The molecule has 1 aromatic carbocycles. The average molecular weight is 193 g/mol. The summed E-state index contributed by atoms with van der Waals surface area (Å²) in [6, 6.07) is 5.01. The fourth-order valence-corrected chi connectivity index (χ4v) is 1.49. The lowest BCUT2D eigenvalue weighted by Gasteiger charge is -2.25. The van der Waals surface area contributed by atoms with Crippen molar-refractivity contribution in [3.05, 3.63) is 23.8 Å². The summed E-state index contributed by atoms with van der Waals surface area (Å²) in [5.74, 6) is -0.323. The van der Waals surface area contributed by atoms with Crippen molar-refractivity contribution in [2.45, 2.75) is 13.0 Å². The van der Waals surface area contributed by atoms with Gasteiger partial charge in [-0.2, -0.15) is 0 Å². The standard InChI is InChI=1S/C10H11NO3/c1-6-5-11-9-7(10(12)13)3-2-4-8(9)14-6/h2-4,6,11H,5H2,1H3,(H,12,13). The number of nitrogens with one attached hydrogen (secondary N) is 1. The topological polar surface area (TPSA) is 58.6 Å². The number of hydrogen-bond acceptors (Lipinski definition) is 3. The molecule has 0 saturated carbocycles. The lowest BCUT2D eigenvalue weighted by atomic mass is 10.1. The van der Waals surface area contributed by atoms with Crippen molar-refractivity contribution < 1.29 is 14.6 Å². The zero-order valence-corrected chi connectivity index (χ0v) is 7.78. The lowest BCUT2D eigenvalue weighted by molar-refractivity contribution is 0.0696. The Bertz CT molecular complexity index is 376. The molecule has 0 radical (unpaired) electrons. The van der Waals surface area contributed by atoms with Gasteiger partial charge in [0.15, 0.2) is 0 Å². The number of aromatic carboxylic acids is 1. The van der Waals surface area contributed by atoms with Crippen LogP contribution in [0.4, 0.5) is 5.69 Å². The first kappa shape index (κ1) is 8.87. The number of fused-ring (bicyclic) bond motifs is 1. The Morgan fingerprint density at radius 2 is 2.43 bits per heavy atom. The van der Waals surface area contributed by atoms with Gasteiger partial charge in [-0.05, 0) is 19.1 Å². The summed E-state index contributed by atoms with van der Waals surface area (Å²) in [6.45, 7) is 2.57. The van der Waals surface area contributed by atoms with Crippen LogP contribution in [0.25, 0.3) is 0 Å². The third-order valence-electron chi connectivity index (χ3n) is 2.15. The first-order valence-electron chi connectivity index (χ1n) is 4.45. The molecule has 74 valence electrons. The van der Waals surface area contributed by atoms with E-state index >= 15 is 0 Å². The van der Waals surface area contributed by atoms with E-state index in [9.17, 15) is 4.79 Å². The number of carboxylic acids is 1. The maximum absolute atomic E-state index is 10.9. The zero-order valence-electron chi connectivity index (χ0n) is 7.78. The fraction of sp³-hybridized carbons (Fsp3) is 0.300. The van der Waals surface area contributed by atoms with Crippen LogP contribution in [0.5, 0.6) is 5.75 Å². The normalized spacial score (nSPS) is 19.1. The third kappa shape index (κ3) is 1.39. The van der Waals surface area contributed by atoms with Gasteiger partial charge in [-0.15, -0.1) is 0 Å². The molecule has 0 aliphatic carbocycles. The molecule has 0 aromatic heterocycles. The van der Waals surface area contributed by atoms with E-state index in [-0.39, 0.29) is 11.7 Å². The molecule has 1 heterocycles. The highest BCUT2D eigenvalue weighted by Gasteiger charge is 2.20. The highest BCUT2D eigenvalue weighted by atomic mass is 16.5. The van der Waals surface area contributed by atoms with Crippen molar-refractivity contribution in [2.24, 2.45) is 0 Å². The van der Waals surface area contributed by atoms with Crippen LogP contribution in [-0.2, 0) is 0 Å². The molecule has 4 nitrogen and oxygen atoms in total. The molecule has 0 spiro atoms. The van der Waals surface area contributed by atoms with Crippen LogP contribution in [0.3, 0.4) is 0 Å². The van der Waals surface area contributed by atoms with E-state index in [4.69, 9.17) is 9.84 Å². The molecule has 1 aliphatic rings. The smallest absolute Gasteiger partial charge is 0.337 e. The SMILES string of the molecule is CC1CNc2c(cccc2C(=O)O)O1. The van der Waals surface area contributed by atoms with Gasteiger partial charge in [0.25, 0.3) is 0 Å². The van der Waals surface area contributed by atoms with E-state index in [1.165, 1.54) is 0 Å². The van der Waals surface area contributed by atoms with Gasteiger partial charge >= 0.3 is 5.97 Å². The Labute approximate surface area is 81.5 Å². The van der Waals surface area contributed by atoms with Crippen LogP contribution in [0.15, 0.2) is 18.2 Å². The molecule has 1 aliphatic heterocycles. The van der Waals surface area contributed by atoms with E-state index in [2.05, 4.69) is 5.32 Å². The van der Waals surface area contributed by atoms with Gasteiger partial charge in [-0.1, -0.05) is 6.07 Å². The number of carbonyl (C=O) groups is 1. The van der Waals surface area contributed by atoms with Crippen LogP contribution >= 0.6 is 0 Å². The predicted molar refractivity (Wildman–Crippen MR) is 52.0 cm³/mol. The van der Waals surface area contributed by atoms with Crippen molar-refractivity contribution in [3.63, 3.8) is 0 Å². The Morgan fingerprint density at radius 3 is 3.14 bits per heavy atom. The number of carboxylic acid groups (broad SMARTS) is 1. The molecule has 1 unspecified atom stereocenters. The van der Waals surface area contributed by atoms with Crippen molar-refractivity contribution in [1.29, 1.82) is 0 Å². The molecule has 0 fully saturated rings. The second-order valence-corrected chi connectivity index (χ2v) is 3.29. The van der Waals surface area contributed by atoms with Crippen molar-refractivity contribution in [1.82, 2.24) is 0 Å². The summed E-state index contributed by atoms with van der Waals surface area (Å²) in [6.07, 6.45) is 0.0755. The molecular weight excluding hydrogens is 182 g/mol. The second-order valence-electron chi connectivity index (χ2n) is 3.29. The van der Waals surface area contributed by atoms with E-state index < -0.39 is 5.97 Å². The van der Waals surface area contributed by atoms with Crippen molar-refractivity contribution >= 4 is 11.7 Å². The molecule has 2 N–H and O–H groups in total.